The number of aliphatic hydroxyl groups excluding tert-OH is 1. The summed E-state index contributed by atoms with van der Waals surface area (Å²) in [6, 6.07) is 1.88. The van der Waals surface area contributed by atoms with Crippen molar-refractivity contribution in [3.05, 3.63) is 47.7 Å². The van der Waals surface area contributed by atoms with Crippen LogP contribution in [-0.2, 0) is 10.0 Å². The van der Waals surface area contributed by atoms with E-state index in [0.717, 1.165) is 23.2 Å². The quantitative estimate of drug-likeness (QED) is 0.564. The van der Waals surface area contributed by atoms with Crippen molar-refractivity contribution in [3.8, 4) is 11.3 Å². The third kappa shape index (κ3) is 5.11. The monoisotopic (exact) mass is 461 g/mol. The summed E-state index contributed by atoms with van der Waals surface area (Å²) >= 11 is 0. The number of aliphatic hydroxyl groups is 1. The van der Waals surface area contributed by atoms with E-state index >= 15 is 0 Å². The zero-order valence-corrected chi connectivity index (χ0v) is 17.1. The number of nitrogens with zero attached hydrogens (tertiary/aromatic N) is 4. The third-order valence-electron chi connectivity index (χ3n) is 4.58. The van der Waals surface area contributed by atoms with Crippen LogP contribution < -0.4 is 5.73 Å². The summed E-state index contributed by atoms with van der Waals surface area (Å²) in [7, 11) is -3.09. The molecule has 1 atom stereocenters. The highest BCUT2D eigenvalue weighted by atomic mass is 32.2. The van der Waals surface area contributed by atoms with Gasteiger partial charge in [-0.15, -0.1) is 5.10 Å². The third-order valence-corrected chi connectivity index (χ3v) is 5.85. The molecule has 2 aromatic heterocycles. The predicted octanol–water partition coefficient (Wildman–Crippen LogP) is 1.94. The average molecular weight is 461 g/mol. The topological polar surface area (TPSA) is 114 Å². The highest BCUT2D eigenvalue weighted by molar-refractivity contribution is 7.88. The summed E-state index contributed by atoms with van der Waals surface area (Å²) in [5, 5.41) is 12.8. The van der Waals surface area contributed by atoms with Gasteiger partial charge in [-0.05, 0) is 12.8 Å². The van der Waals surface area contributed by atoms with Gasteiger partial charge in [0.1, 0.15) is 23.0 Å². The fourth-order valence-corrected chi connectivity index (χ4v) is 4.06. The minimum absolute atomic E-state index is 0.0997. The zero-order valence-electron chi connectivity index (χ0n) is 16.3. The lowest BCUT2D eigenvalue weighted by Gasteiger charge is -2.27. The maximum Gasteiger partial charge on any atom is 0.238 e. The van der Waals surface area contributed by atoms with Crippen LogP contribution in [0.4, 0.5) is 23.5 Å². The highest BCUT2D eigenvalue weighted by Gasteiger charge is 2.24. The number of benzene rings is 1. The molecule has 1 fully saturated rings. The van der Waals surface area contributed by atoms with E-state index in [1.165, 1.54) is 10.6 Å². The second-order valence-corrected chi connectivity index (χ2v) is 8.93. The SMILES string of the molecule is CS(=O)(=O)N1CCCC(O)C1.Nc1ncc2c(F)cc(-c3c(F)cc(F)cc3F)n2n1. The molecule has 1 aromatic carbocycles. The maximum atomic E-state index is 13.7. The number of anilines is 1. The number of piperidine rings is 1. The molecule has 13 heteroatoms. The van der Waals surface area contributed by atoms with E-state index in [1.54, 1.807) is 0 Å². The molecule has 0 amide bonds. The standard InChI is InChI=1S/C12H6F4N4.C6H13NO3S/c13-5-1-7(15)11(8(16)2-5)9-3-6(14)10-4-18-12(17)19-20(9)10;1-11(9,10)7-4-2-3-6(8)5-7/h1-4H,(H2,17,19);6,8H,2-5H2,1H3. The van der Waals surface area contributed by atoms with Gasteiger partial charge in [0, 0.05) is 31.3 Å². The predicted molar refractivity (Wildman–Crippen MR) is 104 cm³/mol. The maximum absolute atomic E-state index is 13.7. The van der Waals surface area contributed by atoms with Crippen molar-refractivity contribution in [1.29, 1.82) is 0 Å². The molecule has 0 aliphatic carbocycles. The second kappa shape index (κ2) is 8.77. The van der Waals surface area contributed by atoms with Crippen LogP contribution in [0.3, 0.4) is 0 Å². The first kappa shape index (κ1) is 22.9. The number of hydrogen-bond donors (Lipinski definition) is 2. The molecule has 3 N–H and O–H groups in total. The number of nitrogens with two attached hydrogens (primary N) is 1. The molecule has 1 unspecified atom stereocenters. The van der Waals surface area contributed by atoms with E-state index < -0.39 is 45.0 Å². The normalized spacial score (nSPS) is 17.4. The molecule has 0 spiro atoms. The van der Waals surface area contributed by atoms with Crippen LogP contribution >= 0.6 is 0 Å². The Labute approximate surface area is 175 Å². The van der Waals surface area contributed by atoms with Crippen LogP contribution in [-0.4, -0.2) is 57.9 Å². The summed E-state index contributed by atoms with van der Waals surface area (Å²) < 4.78 is 78.2. The molecule has 168 valence electrons. The lowest BCUT2D eigenvalue weighted by Crippen LogP contribution is -2.41. The Kier molecular flexibility index (Phi) is 6.48. The Bertz CT molecular complexity index is 1200. The van der Waals surface area contributed by atoms with Crippen LogP contribution in [0, 0.1) is 23.3 Å². The number of hydrogen-bond acceptors (Lipinski definition) is 6. The van der Waals surface area contributed by atoms with Crippen molar-refractivity contribution >= 4 is 21.5 Å². The van der Waals surface area contributed by atoms with Gasteiger partial charge in [0.25, 0.3) is 0 Å². The van der Waals surface area contributed by atoms with E-state index in [-0.39, 0.29) is 23.7 Å². The van der Waals surface area contributed by atoms with Crippen molar-refractivity contribution in [1.82, 2.24) is 18.9 Å². The number of sulfonamides is 1. The van der Waals surface area contributed by atoms with E-state index in [4.69, 9.17) is 10.8 Å². The van der Waals surface area contributed by atoms with E-state index in [9.17, 15) is 26.0 Å². The van der Waals surface area contributed by atoms with Crippen LogP contribution in [0.5, 0.6) is 0 Å². The Hall–Kier alpha value is -2.77. The second-order valence-electron chi connectivity index (χ2n) is 6.95. The molecule has 4 rings (SSSR count). The summed E-state index contributed by atoms with van der Waals surface area (Å²) in [4.78, 5) is 3.59. The summed E-state index contributed by atoms with van der Waals surface area (Å²) in [5.74, 6) is -4.38. The zero-order chi connectivity index (χ0) is 22.9. The molecule has 1 aliphatic heterocycles. The van der Waals surface area contributed by atoms with Crippen molar-refractivity contribution < 1.29 is 31.1 Å². The molecule has 0 bridgehead atoms. The first-order chi connectivity index (χ1) is 14.5. The van der Waals surface area contributed by atoms with E-state index in [2.05, 4.69) is 10.1 Å². The van der Waals surface area contributed by atoms with Crippen LogP contribution in [0.2, 0.25) is 0 Å². The molecule has 3 aromatic rings. The number of fused-ring (bicyclic) bond motifs is 1. The molecular weight excluding hydrogens is 442 g/mol. The number of aromatic nitrogens is 3. The van der Waals surface area contributed by atoms with Crippen molar-refractivity contribution in [2.24, 2.45) is 0 Å². The van der Waals surface area contributed by atoms with Gasteiger partial charge < -0.3 is 10.8 Å². The molecular formula is C18H19F4N5O3S. The summed E-state index contributed by atoms with van der Waals surface area (Å²) in [5.41, 5.74) is 4.45. The fourth-order valence-electron chi connectivity index (χ4n) is 3.15. The molecule has 8 nitrogen and oxygen atoms in total. The lowest BCUT2D eigenvalue weighted by atomic mass is 10.1. The molecule has 0 radical (unpaired) electrons. The van der Waals surface area contributed by atoms with Gasteiger partial charge in [-0.2, -0.15) is 4.31 Å². The number of β-amino-alcohol motifs (C(OH)–C–C–N with tert-alkyl or cyclic N) is 1. The molecule has 31 heavy (non-hydrogen) atoms. The van der Waals surface area contributed by atoms with E-state index in [0.29, 0.717) is 25.1 Å². The fraction of sp³-hybridized carbons (Fsp3) is 0.333. The highest BCUT2D eigenvalue weighted by Crippen LogP contribution is 2.29. The van der Waals surface area contributed by atoms with Gasteiger partial charge in [0.15, 0.2) is 5.82 Å². The Balaban J connectivity index is 0.000000210. The van der Waals surface area contributed by atoms with Crippen LogP contribution in [0.25, 0.3) is 16.8 Å². The minimum Gasteiger partial charge on any atom is -0.392 e. The smallest absolute Gasteiger partial charge is 0.238 e. The van der Waals surface area contributed by atoms with Gasteiger partial charge in [0.05, 0.1) is 29.8 Å². The van der Waals surface area contributed by atoms with Gasteiger partial charge >= 0.3 is 0 Å². The summed E-state index contributed by atoms with van der Waals surface area (Å²) in [6.45, 7) is 0.814. The van der Waals surface area contributed by atoms with Crippen molar-refractivity contribution in [2.75, 3.05) is 25.1 Å². The first-order valence-electron chi connectivity index (χ1n) is 9.05. The Morgan fingerprint density at radius 2 is 1.77 bits per heavy atom. The Morgan fingerprint density at radius 3 is 2.32 bits per heavy atom. The lowest BCUT2D eigenvalue weighted by molar-refractivity contribution is 0.108. The van der Waals surface area contributed by atoms with Gasteiger partial charge in [-0.3, -0.25) is 0 Å². The van der Waals surface area contributed by atoms with Crippen LogP contribution in [0.15, 0.2) is 24.4 Å². The first-order valence-corrected chi connectivity index (χ1v) is 10.9. The number of rotatable bonds is 2. The molecule has 3 heterocycles. The van der Waals surface area contributed by atoms with Gasteiger partial charge in [-0.25, -0.2) is 35.5 Å². The molecule has 0 saturated carbocycles. The average Bonchev–Trinajstić information content (AvgIpc) is 2.96. The summed E-state index contributed by atoms with van der Waals surface area (Å²) in [6.07, 6.45) is 3.25. The molecule has 1 saturated heterocycles. The number of halogens is 4. The molecule has 1 aliphatic rings. The minimum atomic E-state index is -3.09. The number of nitrogen functional groups attached to an aromatic ring is 1. The van der Waals surface area contributed by atoms with Gasteiger partial charge in [-0.1, -0.05) is 0 Å². The largest absolute Gasteiger partial charge is 0.392 e. The van der Waals surface area contributed by atoms with Crippen molar-refractivity contribution in [2.45, 2.75) is 18.9 Å². The Morgan fingerprint density at radius 1 is 1.13 bits per heavy atom. The van der Waals surface area contributed by atoms with Crippen molar-refractivity contribution in [3.63, 3.8) is 0 Å². The van der Waals surface area contributed by atoms with Crippen LogP contribution in [0.1, 0.15) is 12.8 Å². The van der Waals surface area contributed by atoms with E-state index in [1.807, 2.05) is 0 Å². The van der Waals surface area contributed by atoms with Gasteiger partial charge in [0.2, 0.25) is 16.0 Å².